The van der Waals surface area contributed by atoms with Crippen LogP contribution in [0.3, 0.4) is 0 Å². The highest BCUT2D eigenvalue weighted by atomic mass is 32.1. The summed E-state index contributed by atoms with van der Waals surface area (Å²) in [4.78, 5) is 27.1. The van der Waals surface area contributed by atoms with E-state index in [1.54, 1.807) is 24.3 Å². The summed E-state index contributed by atoms with van der Waals surface area (Å²) in [6.07, 6.45) is 0. The predicted molar refractivity (Wildman–Crippen MR) is 87.6 cm³/mol. The molecule has 0 N–H and O–H groups in total. The Kier molecular flexibility index (Phi) is 4.26. The maximum atomic E-state index is 13.4. The molecule has 0 radical (unpaired) electrons. The van der Waals surface area contributed by atoms with Gasteiger partial charge in [0.15, 0.2) is 0 Å². The lowest BCUT2D eigenvalue weighted by Crippen LogP contribution is -2.06. The van der Waals surface area contributed by atoms with E-state index in [-0.39, 0.29) is 11.5 Å². The fourth-order valence-electron chi connectivity index (χ4n) is 2.21. The molecular formula is C17H12FNO4S. The lowest BCUT2D eigenvalue weighted by atomic mass is 10.2. The van der Waals surface area contributed by atoms with Crippen LogP contribution in [0.2, 0.25) is 0 Å². The van der Waals surface area contributed by atoms with Crippen molar-refractivity contribution < 1.29 is 23.5 Å². The number of carbonyl (C=O) groups excluding carboxylic acids is 2. The van der Waals surface area contributed by atoms with E-state index < -0.39 is 17.8 Å². The molecule has 0 aliphatic carbocycles. The third-order valence-electron chi connectivity index (χ3n) is 3.06. The number of nitrogens with zero attached hydrogens (tertiary/aromatic N) is 1. The molecule has 7 heteroatoms. The minimum atomic E-state index is -0.511. The minimum Gasteiger partial charge on any atom is -0.426 e. The molecule has 0 aliphatic heterocycles. The standard InChI is InChI=1S/C17H12FNO4S/c1-9(20)22-13-4-3-5-14(23-10(2)21)16(13)17-19-12-8-11(18)6-7-15(12)24-17/h3-8H,1-2H3. The van der Waals surface area contributed by atoms with Gasteiger partial charge in [0, 0.05) is 19.9 Å². The number of ether oxygens (including phenoxy) is 2. The minimum absolute atomic E-state index is 0.223. The van der Waals surface area contributed by atoms with Crippen LogP contribution < -0.4 is 9.47 Å². The third-order valence-corrected chi connectivity index (χ3v) is 4.11. The van der Waals surface area contributed by atoms with Crippen LogP contribution in [-0.4, -0.2) is 16.9 Å². The number of benzene rings is 2. The number of aromatic nitrogens is 1. The summed E-state index contributed by atoms with van der Waals surface area (Å²) < 4.78 is 24.5. The lowest BCUT2D eigenvalue weighted by Gasteiger charge is -2.11. The second kappa shape index (κ2) is 6.37. The van der Waals surface area contributed by atoms with Gasteiger partial charge in [-0.2, -0.15) is 0 Å². The van der Waals surface area contributed by atoms with Crippen molar-refractivity contribution in [2.45, 2.75) is 13.8 Å². The van der Waals surface area contributed by atoms with Crippen molar-refractivity contribution in [2.24, 2.45) is 0 Å². The molecule has 5 nitrogen and oxygen atoms in total. The zero-order valence-corrected chi connectivity index (χ0v) is 13.6. The monoisotopic (exact) mass is 345 g/mol. The van der Waals surface area contributed by atoms with Crippen molar-refractivity contribution in [3.8, 4) is 22.1 Å². The molecule has 1 heterocycles. The Labute approximate surface area is 140 Å². The second-order valence-electron chi connectivity index (χ2n) is 4.95. The Hall–Kier alpha value is -2.80. The number of esters is 2. The molecule has 0 spiro atoms. The lowest BCUT2D eigenvalue weighted by molar-refractivity contribution is -0.132. The molecule has 0 bridgehead atoms. The molecule has 24 heavy (non-hydrogen) atoms. The van der Waals surface area contributed by atoms with E-state index in [0.717, 1.165) is 4.70 Å². The molecule has 0 atom stereocenters. The second-order valence-corrected chi connectivity index (χ2v) is 5.98. The summed E-state index contributed by atoms with van der Waals surface area (Å²) in [5.74, 6) is -0.971. The van der Waals surface area contributed by atoms with Crippen molar-refractivity contribution in [1.82, 2.24) is 4.98 Å². The van der Waals surface area contributed by atoms with Crippen LogP contribution in [0.4, 0.5) is 4.39 Å². The maximum Gasteiger partial charge on any atom is 0.308 e. The molecule has 0 unspecified atom stereocenters. The normalized spacial score (nSPS) is 10.6. The SMILES string of the molecule is CC(=O)Oc1cccc(OC(C)=O)c1-c1nc2cc(F)ccc2s1. The fourth-order valence-corrected chi connectivity index (χ4v) is 3.21. The molecule has 3 rings (SSSR count). The van der Waals surface area contributed by atoms with Gasteiger partial charge in [-0.1, -0.05) is 6.07 Å². The third kappa shape index (κ3) is 3.26. The first-order chi connectivity index (χ1) is 11.4. The highest BCUT2D eigenvalue weighted by Crippen LogP contribution is 2.42. The van der Waals surface area contributed by atoms with Gasteiger partial charge in [-0.25, -0.2) is 9.37 Å². The molecule has 0 fully saturated rings. The number of thiazole rings is 1. The Balaban J connectivity index is 2.21. The van der Waals surface area contributed by atoms with Gasteiger partial charge < -0.3 is 9.47 Å². The van der Waals surface area contributed by atoms with Crippen molar-refractivity contribution >= 4 is 33.5 Å². The van der Waals surface area contributed by atoms with Crippen LogP contribution in [0.1, 0.15) is 13.8 Å². The van der Waals surface area contributed by atoms with Crippen LogP contribution >= 0.6 is 11.3 Å². The first-order valence-corrected chi connectivity index (χ1v) is 7.82. The van der Waals surface area contributed by atoms with Gasteiger partial charge in [0.1, 0.15) is 22.3 Å². The first kappa shape index (κ1) is 16.1. The molecule has 0 amide bonds. The van der Waals surface area contributed by atoms with E-state index in [0.29, 0.717) is 16.1 Å². The van der Waals surface area contributed by atoms with Gasteiger partial charge in [-0.15, -0.1) is 11.3 Å². The Morgan fingerprint density at radius 2 is 1.67 bits per heavy atom. The summed E-state index contributed by atoms with van der Waals surface area (Å²) in [7, 11) is 0. The molecule has 122 valence electrons. The van der Waals surface area contributed by atoms with Crippen LogP contribution in [0.15, 0.2) is 36.4 Å². The maximum absolute atomic E-state index is 13.4. The molecule has 0 aliphatic rings. The van der Waals surface area contributed by atoms with Crippen molar-refractivity contribution in [1.29, 1.82) is 0 Å². The van der Waals surface area contributed by atoms with Gasteiger partial charge >= 0.3 is 11.9 Å². The zero-order chi connectivity index (χ0) is 17.3. The van der Waals surface area contributed by atoms with Gasteiger partial charge in [0.2, 0.25) is 0 Å². The molecular weight excluding hydrogens is 333 g/mol. The highest BCUT2D eigenvalue weighted by molar-refractivity contribution is 7.21. The number of carbonyl (C=O) groups is 2. The van der Waals surface area contributed by atoms with Crippen molar-refractivity contribution in [3.63, 3.8) is 0 Å². The average Bonchev–Trinajstić information content (AvgIpc) is 2.88. The number of halogens is 1. The summed E-state index contributed by atoms with van der Waals surface area (Å²) in [6.45, 7) is 2.55. The highest BCUT2D eigenvalue weighted by Gasteiger charge is 2.20. The Bertz CT molecular complexity index is 917. The molecule has 0 saturated heterocycles. The van der Waals surface area contributed by atoms with Gasteiger partial charge in [0.25, 0.3) is 0 Å². The fraction of sp³-hybridized carbons (Fsp3) is 0.118. The number of hydrogen-bond acceptors (Lipinski definition) is 6. The topological polar surface area (TPSA) is 65.5 Å². The van der Waals surface area contributed by atoms with E-state index in [9.17, 15) is 14.0 Å². The number of hydrogen-bond donors (Lipinski definition) is 0. The van der Waals surface area contributed by atoms with Crippen LogP contribution in [0, 0.1) is 5.82 Å². The molecule has 0 saturated carbocycles. The summed E-state index contributed by atoms with van der Waals surface area (Å²) in [6, 6.07) is 9.04. The quantitative estimate of drug-likeness (QED) is 0.531. The Morgan fingerprint density at radius 3 is 2.25 bits per heavy atom. The molecule has 2 aromatic carbocycles. The van der Waals surface area contributed by atoms with E-state index in [1.165, 1.54) is 37.3 Å². The van der Waals surface area contributed by atoms with E-state index in [1.807, 2.05) is 0 Å². The van der Waals surface area contributed by atoms with E-state index in [2.05, 4.69) is 4.98 Å². The van der Waals surface area contributed by atoms with E-state index >= 15 is 0 Å². The summed E-state index contributed by atoms with van der Waals surface area (Å²) in [5, 5.41) is 0.462. The van der Waals surface area contributed by atoms with Gasteiger partial charge in [-0.3, -0.25) is 9.59 Å². The largest absolute Gasteiger partial charge is 0.426 e. The molecule has 1 aromatic heterocycles. The average molecular weight is 345 g/mol. The zero-order valence-electron chi connectivity index (χ0n) is 12.8. The number of rotatable bonds is 3. The molecule has 3 aromatic rings. The first-order valence-electron chi connectivity index (χ1n) is 7.00. The van der Waals surface area contributed by atoms with Gasteiger partial charge in [0.05, 0.1) is 15.8 Å². The van der Waals surface area contributed by atoms with Crippen molar-refractivity contribution in [3.05, 3.63) is 42.2 Å². The predicted octanol–water partition coefficient (Wildman–Crippen LogP) is 3.95. The number of fused-ring (bicyclic) bond motifs is 1. The van der Waals surface area contributed by atoms with Gasteiger partial charge in [-0.05, 0) is 24.3 Å². The van der Waals surface area contributed by atoms with E-state index in [4.69, 9.17) is 9.47 Å². The van der Waals surface area contributed by atoms with Crippen LogP contribution in [-0.2, 0) is 9.59 Å². The smallest absolute Gasteiger partial charge is 0.308 e. The summed E-state index contributed by atoms with van der Waals surface area (Å²) >= 11 is 1.28. The summed E-state index contributed by atoms with van der Waals surface area (Å²) in [5.41, 5.74) is 0.853. The Morgan fingerprint density at radius 1 is 1.04 bits per heavy atom. The van der Waals surface area contributed by atoms with Crippen molar-refractivity contribution in [2.75, 3.05) is 0 Å². The van der Waals surface area contributed by atoms with Crippen LogP contribution in [0.25, 0.3) is 20.8 Å². The van der Waals surface area contributed by atoms with Crippen LogP contribution in [0.5, 0.6) is 11.5 Å².